The predicted octanol–water partition coefficient (Wildman–Crippen LogP) is 2.88. The van der Waals surface area contributed by atoms with E-state index in [9.17, 15) is 13.6 Å². The van der Waals surface area contributed by atoms with Crippen LogP contribution in [0.25, 0.3) is 0 Å². The van der Waals surface area contributed by atoms with Gasteiger partial charge < -0.3 is 5.11 Å². The van der Waals surface area contributed by atoms with Crippen molar-refractivity contribution in [2.24, 2.45) is 0 Å². The van der Waals surface area contributed by atoms with Crippen LogP contribution >= 0.6 is 0 Å². The van der Waals surface area contributed by atoms with Crippen LogP contribution in [0.15, 0.2) is 30.5 Å². The molecule has 100 valence electrons. The van der Waals surface area contributed by atoms with Gasteiger partial charge in [-0.05, 0) is 18.1 Å². The topological polar surface area (TPSA) is 55.1 Å². The SMILES string of the molecule is Cc1ccccc1Cn1ncc(C(=O)O)c1C(F)F. The van der Waals surface area contributed by atoms with Gasteiger partial charge >= 0.3 is 5.97 Å². The van der Waals surface area contributed by atoms with Crippen molar-refractivity contribution in [2.75, 3.05) is 0 Å². The average molecular weight is 266 g/mol. The van der Waals surface area contributed by atoms with Crippen LogP contribution in [-0.4, -0.2) is 20.9 Å². The molecule has 2 aromatic rings. The zero-order valence-electron chi connectivity index (χ0n) is 10.2. The molecule has 1 N–H and O–H groups in total. The summed E-state index contributed by atoms with van der Waals surface area (Å²) in [6.45, 7) is 1.98. The van der Waals surface area contributed by atoms with E-state index in [1.165, 1.54) is 0 Å². The normalized spacial score (nSPS) is 10.9. The predicted molar refractivity (Wildman–Crippen MR) is 64.4 cm³/mol. The lowest BCUT2D eigenvalue weighted by Gasteiger charge is -2.09. The van der Waals surface area contributed by atoms with Crippen molar-refractivity contribution in [1.82, 2.24) is 9.78 Å². The second-order valence-corrected chi connectivity index (χ2v) is 4.13. The van der Waals surface area contributed by atoms with Gasteiger partial charge in [0, 0.05) is 0 Å². The highest BCUT2D eigenvalue weighted by atomic mass is 19.3. The Kier molecular flexibility index (Phi) is 3.59. The first-order valence-corrected chi connectivity index (χ1v) is 5.62. The Morgan fingerprint density at radius 3 is 2.68 bits per heavy atom. The maximum atomic E-state index is 13.0. The molecule has 0 spiro atoms. The smallest absolute Gasteiger partial charge is 0.339 e. The number of alkyl halides is 2. The van der Waals surface area contributed by atoms with Gasteiger partial charge in [0.05, 0.1) is 12.7 Å². The van der Waals surface area contributed by atoms with Crippen LogP contribution in [-0.2, 0) is 6.54 Å². The van der Waals surface area contributed by atoms with E-state index in [-0.39, 0.29) is 6.54 Å². The van der Waals surface area contributed by atoms with Gasteiger partial charge in [0.2, 0.25) is 0 Å². The number of carbonyl (C=O) groups is 1. The van der Waals surface area contributed by atoms with E-state index in [0.29, 0.717) is 0 Å². The third-order valence-corrected chi connectivity index (χ3v) is 2.90. The molecule has 0 atom stereocenters. The number of carboxylic acids is 1. The van der Waals surface area contributed by atoms with Gasteiger partial charge in [-0.2, -0.15) is 5.10 Å². The Labute approximate surface area is 108 Å². The minimum Gasteiger partial charge on any atom is -0.478 e. The van der Waals surface area contributed by atoms with Gasteiger partial charge in [0.25, 0.3) is 6.43 Å². The number of hydrogen-bond acceptors (Lipinski definition) is 2. The highest BCUT2D eigenvalue weighted by Gasteiger charge is 2.24. The molecule has 0 radical (unpaired) electrons. The molecule has 0 aliphatic carbocycles. The van der Waals surface area contributed by atoms with Gasteiger partial charge in [-0.25, -0.2) is 13.6 Å². The molecule has 4 nitrogen and oxygen atoms in total. The maximum absolute atomic E-state index is 13.0. The molecule has 6 heteroatoms. The Hall–Kier alpha value is -2.24. The third kappa shape index (κ3) is 2.62. The first-order valence-electron chi connectivity index (χ1n) is 5.62. The number of aromatic carboxylic acids is 1. The van der Waals surface area contributed by atoms with Crippen molar-refractivity contribution in [3.05, 3.63) is 52.8 Å². The van der Waals surface area contributed by atoms with E-state index in [2.05, 4.69) is 5.10 Å². The van der Waals surface area contributed by atoms with E-state index in [0.717, 1.165) is 22.0 Å². The summed E-state index contributed by atoms with van der Waals surface area (Å²) in [5, 5.41) is 12.6. The molecule has 1 aromatic carbocycles. The Balaban J connectivity index is 2.41. The molecule has 0 saturated carbocycles. The number of hydrogen-bond donors (Lipinski definition) is 1. The molecule has 0 unspecified atom stereocenters. The standard InChI is InChI=1S/C13H12F2N2O2/c1-8-4-2-3-5-9(8)7-17-11(12(14)15)10(6-16-17)13(18)19/h2-6,12H,7H2,1H3,(H,18,19). The van der Waals surface area contributed by atoms with Crippen molar-refractivity contribution >= 4 is 5.97 Å². The summed E-state index contributed by atoms with van der Waals surface area (Å²) in [6, 6.07) is 7.30. The highest BCUT2D eigenvalue weighted by Crippen LogP contribution is 2.24. The highest BCUT2D eigenvalue weighted by molar-refractivity contribution is 5.88. The first-order chi connectivity index (χ1) is 9.00. The lowest BCUT2D eigenvalue weighted by atomic mass is 10.1. The molecular formula is C13H12F2N2O2. The number of nitrogens with zero attached hydrogens (tertiary/aromatic N) is 2. The van der Waals surface area contributed by atoms with E-state index in [1.807, 2.05) is 19.1 Å². The molecule has 2 rings (SSSR count). The van der Waals surface area contributed by atoms with E-state index in [4.69, 9.17) is 5.11 Å². The van der Waals surface area contributed by atoms with Gasteiger partial charge in [-0.15, -0.1) is 0 Å². The van der Waals surface area contributed by atoms with E-state index >= 15 is 0 Å². The fourth-order valence-electron chi connectivity index (χ4n) is 1.86. The van der Waals surface area contributed by atoms with Crippen molar-refractivity contribution < 1.29 is 18.7 Å². The molecule has 1 aromatic heterocycles. The molecule has 0 amide bonds. The van der Waals surface area contributed by atoms with Crippen LogP contribution in [0, 0.1) is 6.92 Å². The summed E-state index contributed by atoms with van der Waals surface area (Å²) >= 11 is 0. The molecule has 0 saturated heterocycles. The summed E-state index contributed by atoms with van der Waals surface area (Å²) in [4.78, 5) is 10.9. The van der Waals surface area contributed by atoms with E-state index < -0.39 is 23.7 Å². The van der Waals surface area contributed by atoms with Crippen LogP contribution in [0.5, 0.6) is 0 Å². The molecule has 0 bridgehead atoms. The first kappa shape index (κ1) is 13.2. The maximum Gasteiger partial charge on any atom is 0.339 e. The summed E-state index contributed by atoms with van der Waals surface area (Å²) in [6.07, 6.45) is -1.92. The molecule has 0 aliphatic rings. The number of aromatic nitrogens is 2. The van der Waals surface area contributed by atoms with Crippen LogP contribution in [0.1, 0.15) is 33.6 Å². The third-order valence-electron chi connectivity index (χ3n) is 2.90. The molecular weight excluding hydrogens is 254 g/mol. The van der Waals surface area contributed by atoms with Gasteiger partial charge in [-0.3, -0.25) is 4.68 Å². The zero-order chi connectivity index (χ0) is 14.0. The average Bonchev–Trinajstić information content (AvgIpc) is 2.76. The van der Waals surface area contributed by atoms with Gasteiger partial charge in [0.15, 0.2) is 0 Å². The Morgan fingerprint density at radius 2 is 2.11 bits per heavy atom. The number of aryl methyl sites for hydroxylation is 1. The number of carboxylic acid groups (broad SMARTS) is 1. The second kappa shape index (κ2) is 5.17. The zero-order valence-corrected chi connectivity index (χ0v) is 10.2. The lowest BCUT2D eigenvalue weighted by Crippen LogP contribution is -2.10. The van der Waals surface area contributed by atoms with E-state index in [1.54, 1.807) is 12.1 Å². The molecule has 19 heavy (non-hydrogen) atoms. The van der Waals surface area contributed by atoms with Gasteiger partial charge in [-0.1, -0.05) is 24.3 Å². The Morgan fingerprint density at radius 1 is 1.42 bits per heavy atom. The Bertz CT molecular complexity index is 608. The summed E-state index contributed by atoms with van der Waals surface area (Å²) in [7, 11) is 0. The quantitative estimate of drug-likeness (QED) is 0.925. The minimum absolute atomic E-state index is 0.125. The van der Waals surface area contributed by atoms with Crippen molar-refractivity contribution in [2.45, 2.75) is 19.9 Å². The summed E-state index contributed by atoms with van der Waals surface area (Å²) in [5.74, 6) is -1.40. The number of halogens is 2. The summed E-state index contributed by atoms with van der Waals surface area (Å²) < 4.78 is 27.0. The summed E-state index contributed by atoms with van der Waals surface area (Å²) in [5.41, 5.74) is 0.749. The van der Waals surface area contributed by atoms with Crippen LogP contribution in [0.3, 0.4) is 0 Å². The number of rotatable bonds is 4. The fraction of sp³-hybridized carbons (Fsp3) is 0.231. The van der Waals surface area contributed by atoms with Gasteiger partial charge in [0.1, 0.15) is 11.3 Å². The monoisotopic (exact) mass is 266 g/mol. The van der Waals surface area contributed by atoms with Crippen LogP contribution in [0.2, 0.25) is 0 Å². The molecule has 1 heterocycles. The number of benzene rings is 1. The largest absolute Gasteiger partial charge is 0.478 e. The van der Waals surface area contributed by atoms with Crippen LogP contribution < -0.4 is 0 Å². The lowest BCUT2D eigenvalue weighted by molar-refractivity contribution is 0.0682. The van der Waals surface area contributed by atoms with Crippen molar-refractivity contribution in [3.8, 4) is 0 Å². The molecule has 0 aliphatic heterocycles. The molecule has 0 fully saturated rings. The second-order valence-electron chi connectivity index (χ2n) is 4.13. The van der Waals surface area contributed by atoms with Crippen LogP contribution in [0.4, 0.5) is 8.78 Å². The van der Waals surface area contributed by atoms with Crippen molar-refractivity contribution in [1.29, 1.82) is 0 Å². The fourth-order valence-corrected chi connectivity index (χ4v) is 1.86. The van der Waals surface area contributed by atoms with Crippen molar-refractivity contribution in [3.63, 3.8) is 0 Å². The minimum atomic E-state index is -2.88.